The Morgan fingerprint density at radius 2 is 2.00 bits per heavy atom. The highest BCUT2D eigenvalue weighted by Gasteiger charge is 2.14. The van der Waals surface area contributed by atoms with Crippen LogP contribution in [0.5, 0.6) is 0 Å². The van der Waals surface area contributed by atoms with E-state index in [1.807, 2.05) is 12.1 Å². The lowest BCUT2D eigenvalue weighted by Crippen LogP contribution is -2.21. The Balaban J connectivity index is 2.09. The van der Waals surface area contributed by atoms with Gasteiger partial charge in [0.05, 0.1) is 6.54 Å². The topological polar surface area (TPSA) is 29.3 Å². The van der Waals surface area contributed by atoms with Crippen LogP contribution in [0.2, 0.25) is 5.02 Å². The van der Waals surface area contributed by atoms with Crippen LogP contribution in [0, 0.1) is 11.8 Å². The summed E-state index contributed by atoms with van der Waals surface area (Å²) in [5.74, 6) is 6.06. The molecule has 1 aromatic carbocycles. The Kier molecular flexibility index (Phi) is 5.84. The van der Waals surface area contributed by atoms with Gasteiger partial charge in [-0.15, -0.1) is 11.3 Å². The highest BCUT2D eigenvalue weighted by molar-refractivity contribution is 7.10. The number of hydrogen-bond acceptors (Lipinski definition) is 3. The van der Waals surface area contributed by atoms with E-state index in [1.165, 1.54) is 10.4 Å². The summed E-state index contributed by atoms with van der Waals surface area (Å²) in [7, 11) is 2.12. The second-order valence-electron chi connectivity index (χ2n) is 4.91. The molecule has 1 unspecified atom stereocenters. The molecule has 0 spiro atoms. The maximum atomic E-state index is 5.94. The average molecular weight is 319 g/mol. The van der Waals surface area contributed by atoms with Crippen LogP contribution in [0.4, 0.5) is 0 Å². The summed E-state index contributed by atoms with van der Waals surface area (Å²) in [5.41, 5.74) is 7.78. The van der Waals surface area contributed by atoms with Gasteiger partial charge in [0, 0.05) is 28.0 Å². The van der Waals surface area contributed by atoms with Crippen LogP contribution in [-0.2, 0) is 6.54 Å². The normalized spacial score (nSPS) is 12.0. The van der Waals surface area contributed by atoms with Gasteiger partial charge in [0.2, 0.25) is 0 Å². The van der Waals surface area contributed by atoms with Crippen LogP contribution in [-0.4, -0.2) is 18.5 Å². The number of benzene rings is 1. The molecule has 0 aliphatic heterocycles. The van der Waals surface area contributed by atoms with Gasteiger partial charge in [-0.3, -0.25) is 4.90 Å². The fourth-order valence-electron chi connectivity index (χ4n) is 2.08. The minimum absolute atomic E-state index is 0.319. The Bertz CT molecular complexity index is 637. The Morgan fingerprint density at radius 1 is 1.29 bits per heavy atom. The van der Waals surface area contributed by atoms with Crippen molar-refractivity contribution in [2.24, 2.45) is 5.73 Å². The van der Waals surface area contributed by atoms with Crippen molar-refractivity contribution in [1.29, 1.82) is 0 Å². The zero-order valence-electron chi connectivity index (χ0n) is 12.3. The van der Waals surface area contributed by atoms with Crippen molar-refractivity contribution in [3.05, 3.63) is 56.7 Å². The molecule has 0 aliphatic carbocycles. The van der Waals surface area contributed by atoms with E-state index < -0.39 is 0 Å². The minimum atomic E-state index is 0.319. The first-order valence-electron chi connectivity index (χ1n) is 6.83. The lowest BCUT2D eigenvalue weighted by atomic mass is 10.1. The van der Waals surface area contributed by atoms with E-state index in [1.54, 1.807) is 11.3 Å². The number of rotatable bonds is 4. The third-order valence-electron chi connectivity index (χ3n) is 3.48. The van der Waals surface area contributed by atoms with Crippen molar-refractivity contribution in [3.63, 3.8) is 0 Å². The van der Waals surface area contributed by atoms with E-state index in [4.69, 9.17) is 17.3 Å². The standard InChI is InChI=1S/C17H19ClN2S/c1-13(14-5-7-16(18)8-6-14)20(2)12-17-15(4-3-10-19)9-11-21-17/h5-9,11,13H,10,12,19H2,1-2H3. The zero-order chi connectivity index (χ0) is 15.2. The zero-order valence-corrected chi connectivity index (χ0v) is 13.8. The molecular formula is C17H19ClN2S. The highest BCUT2D eigenvalue weighted by atomic mass is 35.5. The molecule has 0 aliphatic rings. The summed E-state index contributed by atoms with van der Waals surface area (Å²) < 4.78 is 0. The maximum Gasteiger partial charge on any atom is 0.0555 e. The van der Waals surface area contributed by atoms with Crippen molar-refractivity contribution >= 4 is 22.9 Å². The second kappa shape index (κ2) is 7.63. The van der Waals surface area contributed by atoms with Crippen LogP contribution in [0.1, 0.15) is 29.0 Å². The molecule has 110 valence electrons. The molecule has 1 atom stereocenters. The SMILES string of the molecule is CC(c1ccc(Cl)cc1)N(C)Cc1sccc1C#CCN. The van der Waals surface area contributed by atoms with Gasteiger partial charge in [0.15, 0.2) is 0 Å². The summed E-state index contributed by atoms with van der Waals surface area (Å²) >= 11 is 7.68. The largest absolute Gasteiger partial charge is 0.320 e. The summed E-state index contributed by atoms with van der Waals surface area (Å²) in [6.45, 7) is 3.46. The van der Waals surface area contributed by atoms with Crippen molar-refractivity contribution in [3.8, 4) is 11.8 Å². The Hall–Kier alpha value is -1.31. The van der Waals surface area contributed by atoms with Crippen LogP contribution in [0.25, 0.3) is 0 Å². The highest BCUT2D eigenvalue weighted by Crippen LogP contribution is 2.25. The molecule has 0 saturated heterocycles. The smallest absolute Gasteiger partial charge is 0.0555 e. The maximum absolute atomic E-state index is 5.94. The molecule has 0 radical (unpaired) electrons. The van der Waals surface area contributed by atoms with Gasteiger partial charge in [-0.25, -0.2) is 0 Å². The third-order valence-corrected chi connectivity index (χ3v) is 4.63. The van der Waals surface area contributed by atoms with E-state index >= 15 is 0 Å². The predicted octanol–water partition coefficient (Wildman–Crippen LogP) is 3.90. The molecule has 0 saturated carbocycles. The van der Waals surface area contributed by atoms with E-state index in [2.05, 4.69) is 54.3 Å². The number of hydrogen-bond donors (Lipinski definition) is 1. The molecule has 1 aromatic heterocycles. The molecule has 1 heterocycles. The lowest BCUT2D eigenvalue weighted by Gasteiger charge is -2.24. The quantitative estimate of drug-likeness (QED) is 0.866. The first-order valence-corrected chi connectivity index (χ1v) is 8.08. The van der Waals surface area contributed by atoms with E-state index in [0.29, 0.717) is 12.6 Å². The van der Waals surface area contributed by atoms with Gasteiger partial charge in [-0.05, 0) is 43.1 Å². The molecule has 0 bridgehead atoms. The summed E-state index contributed by atoms with van der Waals surface area (Å²) in [6, 6.07) is 10.4. The minimum Gasteiger partial charge on any atom is -0.320 e. The summed E-state index contributed by atoms with van der Waals surface area (Å²) in [6.07, 6.45) is 0. The fraction of sp³-hybridized carbons (Fsp3) is 0.294. The van der Waals surface area contributed by atoms with Gasteiger partial charge in [-0.2, -0.15) is 0 Å². The van der Waals surface area contributed by atoms with Crippen LogP contribution < -0.4 is 5.73 Å². The van der Waals surface area contributed by atoms with Crippen LogP contribution in [0.15, 0.2) is 35.7 Å². The fourth-order valence-corrected chi connectivity index (χ4v) is 3.10. The van der Waals surface area contributed by atoms with Gasteiger partial charge in [-0.1, -0.05) is 35.6 Å². The van der Waals surface area contributed by atoms with E-state index in [9.17, 15) is 0 Å². The average Bonchev–Trinajstić information content (AvgIpc) is 2.92. The first kappa shape index (κ1) is 16.1. The number of halogens is 1. The van der Waals surface area contributed by atoms with Gasteiger partial charge < -0.3 is 5.73 Å². The van der Waals surface area contributed by atoms with Gasteiger partial charge in [0.25, 0.3) is 0 Å². The van der Waals surface area contributed by atoms with Crippen molar-refractivity contribution < 1.29 is 0 Å². The van der Waals surface area contributed by atoms with Crippen molar-refractivity contribution in [1.82, 2.24) is 4.90 Å². The Morgan fingerprint density at radius 3 is 2.67 bits per heavy atom. The lowest BCUT2D eigenvalue weighted by molar-refractivity contribution is 0.255. The third kappa shape index (κ3) is 4.33. The molecule has 4 heteroatoms. The summed E-state index contributed by atoms with van der Waals surface area (Å²) in [4.78, 5) is 3.59. The molecule has 0 fully saturated rings. The number of nitrogens with two attached hydrogens (primary N) is 1. The molecule has 21 heavy (non-hydrogen) atoms. The van der Waals surface area contributed by atoms with E-state index in [-0.39, 0.29) is 0 Å². The van der Waals surface area contributed by atoms with E-state index in [0.717, 1.165) is 17.1 Å². The van der Waals surface area contributed by atoms with Gasteiger partial charge >= 0.3 is 0 Å². The molecular weight excluding hydrogens is 300 g/mol. The van der Waals surface area contributed by atoms with Crippen LogP contribution >= 0.6 is 22.9 Å². The molecule has 2 N–H and O–H groups in total. The van der Waals surface area contributed by atoms with Crippen molar-refractivity contribution in [2.45, 2.75) is 19.5 Å². The summed E-state index contributed by atoms with van der Waals surface area (Å²) in [5, 5.41) is 2.85. The predicted molar refractivity (Wildman–Crippen MR) is 91.6 cm³/mol. The molecule has 2 aromatic rings. The Labute approximate surface area is 135 Å². The number of thiophene rings is 1. The second-order valence-corrected chi connectivity index (χ2v) is 6.34. The monoisotopic (exact) mass is 318 g/mol. The van der Waals surface area contributed by atoms with Gasteiger partial charge in [0.1, 0.15) is 0 Å². The molecule has 2 nitrogen and oxygen atoms in total. The first-order chi connectivity index (χ1) is 10.1. The molecule has 0 amide bonds. The number of nitrogens with zero attached hydrogens (tertiary/aromatic N) is 1. The van der Waals surface area contributed by atoms with Crippen LogP contribution in [0.3, 0.4) is 0 Å². The van der Waals surface area contributed by atoms with Crippen molar-refractivity contribution in [2.75, 3.05) is 13.6 Å². The molecule has 2 rings (SSSR count).